The molecule has 0 aliphatic heterocycles. The summed E-state index contributed by atoms with van der Waals surface area (Å²) in [5, 5.41) is 6.22. The monoisotopic (exact) mass is 496 g/mol. The van der Waals surface area contributed by atoms with E-state index in [4.69, 9.17) is 0 Å². The maximum atomic E-state index is 14.7. The molecule has 2 amide bonds. The smallest absolute Gasteiger partial charge is 0.269 e. The molecule has 1 spiro atoms. The summed E-state index contributed by atoms with van der Waals surface area (Å²) in [6.45, 7) is 0.492. The number of hydrogen-bond donors (Lipinski definition) is 2. The highest BCUT2D eigenvalue weighted by Gasteiger charge is 2.48. The highest BCUT2D eigenvalue weighted by atomic mass is 19.1. The molecule has 0 unspecified atom stereocenters. The summed E-state index contributed by atoms with van der Waals surface area (Å²) in [7, 11) is 1.58. The Bertz CT molecular complexity index is 1500. The molecule has 2 aliphatic rings. The molecule has 2 saturated carbocycles. The summed E-state index contributed by atoms with van der Waals surface area (Å²) < 4.78 is 16.6. The van der Waals surface area contributed by atoms with E-state index < -0.39 is 0 Å². The van der Waals surface area contributed by atoms with Crippen LogP contribution < -0.4 is 10.6 Å². The number of carbonyl (C=O) groups excluding carboxylic acids is 2. The molecule has 2 aromatic carbocycles. The Labute approximate surface area is 214 Å². The van der Waals surface area contributed by atoms with Crippen molar-refractivity contribution in [1.29, 1.82) is 0 Å². The van der Waals surface area contributed by atoms with E-state index >= 15 is 0 Å². The number of benzene rings is 2. The minimum Gasteiger partial charge on any atom is -0.354 e. The van der Waals surface area contributed by atoms with Gasteiger partial charge in [-0.15, -0.1) is 0 Å². The van der Waals surface area contributed by atoms with Crippen LogP contribution in [0.5, 0.6) is 0 Å². The first-order valence-corrected chi connectivity index (χ1v) is 12.8. The number of rotatable bonds is 6. The lowest BCUT2D eigenvalue weighted by atomic mass is 9.54. The van der Waals surface area contributed by atoms with E-state index in [0.717, 1.165) is 24.0 Å². The van der Waals surface area contributed by atoms with Crippen LogP contribution >= 0.6 is 0 Å². The molecule has 0 saturated heterocycles. The zero-order chi connectivity index (χ0) is 25.6. The summed E-state index contributed by atoms with van der Waals surface area (Å²) in [5.41, 5.74) is 4.55. The third kappa shape index (κ3) is 4.28. The third-order valence-corrected chi connectivity index (χ3v) is 8.04. The van der Waals surface area contributed by atoms with Gasteiger partial charge in [0.05, 0.1) is 16.8 Å². The zero-order valence-corrected chi connectivity index (χ0v) is 20.8. The molecule has 4 aromatic rings. The first-order valence-electron chi connectivity index (χ1n) is 12.8. The van der Waals surface area contributed by atoms with Gasteiger partial charge in [-0.25, -0.2) is 9.37 Å². The molecule has 2 fully saturated rings. The molecular formula is C30H29FN4O2. The maximum absolute atomic E-state index is 14.7. The predicted octanol–water partition coefficient (Wildman–Crippen LogP) is 5.31. The van der Waals surface area contributed by atoms with Crippen molar-refractivity contribution in [3.05, 3.63) is 89.5 Å². The molecule has 7 heteroatoms. The van der Waals surface area contributed by atoms with Gasteiger partial charge in [0, 0.05) is 36.8 Å². The molecule has 2 heterocycles. The van der Waals surface area contributed by atoms with Crippen LogP contribution in [0.3, 0.4) is 0 Å². The fourth-order valence-electron chi connectivity index (χ4n) is 5.87. The summed E-state index contributed by atoms with van der Waals surface area (Å²) >= 11 is 0. The molecule has 37 heavy (non-hydrogen) atoms. The van der Waals surface area contributed by atoms with Crippen molar-refractivity contribution >= 4 is 22.7 Å². The SMILES string of the molecule is CNC(=O)c1cccc(-c2ccc(Cn3ccc4c(F)ccc(C(=O)NC5CC6(CCC6)C5)c43)cc2)n1. The molecule has 188 valence electrons. The van der Waals surface area contributed by atoms with E-state index in [1.807, 2.05) is 47.2 Å². The van der Waals surface area contributed by atoms with Gasteiger partial charge in [-0.1, -0.05) is 36.8 Å². The number of carbonyl (C=O) groups is 2. The van der Waals surface area contributed by atoms with E-state index in [2.05, 4.69) is 15.6 Å². The molecule has 2 aromatic heterocycles. The lowest BCUT2D eigenvalue weighted by Crippen LogP contribution is -2.53. The number of nitrogens with one attached hydrogen (secondary N) is 2. The molecule has 2 aliphatic carbocycles. The Morgan fingerprint density at radius 3 is 2.51 bits per heavy atom. The zero-order valence-electron chi connectivity index (χ0n) is 20.8. The second kappa shape index (κ2) is 9.14. The lowest BCUT2D eigenvalue weighted by molar-refractivity contribution is -0.000605. The number of nitrogens with zero attached hydrogens (tertiary/aromatic N) is 2. The van der Waals surface area contributed by atoms with Crippen molar-refractivity contribution in [2.75, 3.05) is 7.05 Å². The Morgan fingerprint density at radius 1 is 1.03 bits per heavy atom. The highest BCUT2D eigenvalue weighted by Crippen LogP contribution is 2.55. The van der Waals surface area contributed by atoms with Crippen LogP contribution in [-0.4, -0.2) is 34.5 Å². The Morgan fingerprint density at radius 2 is 1.81 bits per heavy atom. The lowest BCUT2D eigenvalue weighted by Gasteiger charge is -2.54. The first-order chi connectivity index (χ1) is 17.9. The van der Waals surface area contributed by atoms with E-state index in [1.54, 1.807) is 25.2 Å². The van der Waals surface area contributed by atoms with E-state index in [9.17, 15) is 14.0 Å². The molecule has 6 nitrogen and oxygen atoms in total. The second-order valence-electron chi connectivity index (χ2n) is 10.4. The van der Waals surface area contributed by atoms with Crippen molar-refractivity contribution < 1.29 is 14.0 Å². The van der Waals surface area contributed by atoms with E-state index in [1.165, 1.54) is 25.3 Å². The van der Waals surface area contributed by atoms with Gasteiger partial charge in [0.25, 0.3) is 11.8 Å². The topological polar surface area (TPSA) is 76.0 Å². The summed E-state index contributed by atoms with van der Waals surface area (Å²) in [6, 6.07) is 18.2. The van der Waals surface area contributed by atoms with E-state index in [-0.39, 0.29) is 23.7 Å². The number of pyridine rings is 1. The van der Waals surface area contributed by atoms with Gasteiger partial charge in [-0.2, -0.15) is 0 Å². The molecule has 2 N–H and O–H groups in total. The predicted molar refractivity (Wildman–Crippen MR) is 141 cm³/mol. The highest BCUT2D eigenvalue weighted by molar-refractivity contribution is 6.06. The fourth-order valence-corrected chi connectivity index (χ4v) is 5.87. The van der Waals surface area contributed by atoms with Gasteiger partial charge in [0.1, 0.15) is 11.5 Å². The molecule has 6 rings (SSSR count). The van der Waals surface area contributed by atoms with Crippen LogP contribution in [0.2, 0.25) is 0 Å². The number of fused-ring (bicyclic) bond motifs is 1. The second-order valence-corrected chi connectivity index (χ2v) is 10.4. The van der Waals surface area contributed by atoms with Gasteiger partial charge in [0.2, 0.25) is 0 Å². The van der Waals surface area contributed by atoms with Crippen LogP contribution in [0.4, 0.5) is 4.39 Å². The van der Waals surface area contributed by atoms with Crippen molar-refractivity contribution in [2.45, 2.75) is 44.7 Å². The summed E-state index contributed by atoms with van der Waals surface area (Å²) in [5.74, 6) is -0.703. The minimum absolute atomic E-state index is 0.137. The first kappa shape index (κ1) is 23.4. The number of amides is 2. The minimum atomic E-state index is -0.334. The number of hydrogen-bond acceptors (Lipinski definition) is 3. The van der Waals surface area contributed by atoms with Gasteiger partial charge in [0.15, 0.2) is 0 Å². The Kier molecular flexibility index (Phi) is 5.78. The van der Waals surface area contributed by atoms with Crippen LogP contribution in [0, 0.1) is 11.2 Å². The third-order valence-electron chi connectivity index (χ3n) is 8.04. The average Bonchev–Trinajstić information content (AvgIpc) is 3.29. The molecule has 0 atom stereocenters. The molecule has 0 radical (unpaired) electrons. The van der Waals surface area contributed by atoms with Gasteiger partial charge >= 0.3 is 0 Å². The normalized spacial score (nSPS) is 16.3. The van der Waals surface area contributed by atoms with Crippen LogP contribution in [0.1, 0.15) is 58.5 Å². The van der Waals surface area contributed by atoms with Crippen LogP contribution in [0.15, 0.2) is 66.9 Å². The maximum Gasteiger partial charge on any atom is 0.269 e. The number of halogens is 1. The Hall–Kier alpha value is -4.00. The van der Waals surface area contributed by atoms with Crippen LogP contribution in [-0.2, 0) is 6.54 Å². The summed E-state index contributed by atoms with van der Waals surface area (Å²) in [6.07, 6.45) is 7.79. The standard InChI is InChI=1S/C30H29FN4O2/c1-32-29(37)26-5-2-4-25(34-26)20-8-6-19(7-9-20)18-35-15-12-22-24(31)11-10-23(27(22)35)28(36)33-21-16-30(17-21)13-3-14-30/h2,4-12,15,21H,3,13-14,16-18H2,1H3,(H,32,37)(H,33,36). The number of aromatic nitrogens is 2. The van der Waals surface area contributed by atoms with E-state index in [0.29, 0.717) is 39.8 Å². The van der Waals surface area contributed by atoms with Crippen molar-refractivity contribution in [2.24, 2.45) is 5.41 Å². The Balaban J connectivity index is 1.23. The van der Waals surface area contributed by atoms with Gasteiger partial charge in [-0.3, -0.25) is 9.59 Å². The van der Waals surface area contributed by atoms with Crippen molar-refractivity contribution in [3.63, 3.8) is 0 Å². The fraction of sp³-hybridized carbons (Fsp3) is 0.300. The average molecular weight is 497 g/mol. The van der Waals surface area contributed by atoms with Gasteiger partial charge in [-0.05, 0) is 67.0 Å². The van der Waals surface area contributed by atoms with Gasteiger partial charge < -0.3 is 15.2 Å². The van der Waals surface area contributed by atoms with Crippen molar-refractivity contribution in [3.8, 4) is 11.3 Å². The quantitative estimate of drug-likeness (QED) is 0.380. The largest absolute Gasteiger partial charge is 0.354 e. The molecule has 0 bridgehead atoms. The molecular weight excluding hydrogens is 467 g/mol. The van der Waals surface area contributed by atoms with Crippen molar-refractivity contribution in [1.82, 2.24) is 20.2 Å². The van der Waals surface area contributed by atoms with Crippen LogP contribution in [0.25, 0.3) is 22.2 Å². The summed E-state index contributed by atoms with van der Waals surface area (Å²) in [4.78, 5) is 29.6.